The van der Waals surface area contributed by atoms with Crippen molar-refractivity contribution in [3.63, 3.8) is 0 Å². The number of hydrogen-bond donors (Lipinski definition) is 2. The zero-order valence-corrected chi connectivity index (χ0v) is 22.2. The smallest absolute Gasteiger partial charge is 0.195 e. The minimum atomic E-state index is -0.0921. The number of likely N-dealkylation sites (tertiary alicyclic amines) is 1. The van der Waals surface area contributed by atoms with Gasteiger partial charge < -0.3 is 14.9 Å². The summed E-state index contributed by atoms with van der Waals surface area (Å²) in [5, 5.41) is 20.5. The van der Waals surface area contributed by atoms with Gasteiger partial charge in [0.1, 0.15) is 23.9 Å². The molecule has 0 aliphatic carbocycles. The maximum Gasteiger partial charge on any atom is 0.195 e. The molecule has 6 rings (SSSR count). The molecule has 1 unspecified atom stereocenters. The van der Waals surface area contributed by atoms with Crippen LogP contribution in [0.2, 0.25) is 0 Å². The number of phenolic OH excluding ortho intramolecular Hbond substituents is 2. The van der Waals surface area contributed by atoms with E-state index in [1.807, 2.05) is 24.3 Å². The van der Waals surface area contributed by atoms with Crippen molar-refractivity contribution in [1.82, 2.24) is 4.90 Å². The Kier molecular flexibility index (Phi) is 7.05. The highest BCUT2D eigenvalue weighted by Gasteiger charge is 2.24. The van der Waals surface area contributed by atoms with Crippen LogP contribution in [0.15, 0.2) is 97.1 Å². The lowest BCUT2D eigenvalue weighted by atomic mass is 9.97. The third kappa shape index (κ3) is 5.39. The predicted octanol–water partition coefficient (Wildman–Crippen LogP) is 7.08. The number of rotatable bonds is 8. The lowest BCUT2D eigenvalue weighted by molar-refractivity contribution is 0.104. The van der Waals surface area contributed by atoms with Gasteiger partial charge in [-0.15, -0.1) is 11.3 Å². The second kappa shape index (κ2) is 10.9. The van der Waals surface area contributed by atoms with Crippen LogP contribution in [-0.4, -0.2) is 47.1 Å². The summed E-state index contributed by atoms with van der Waals surface area (Å²) >= 11 is 1.45. The van der Waals surface area contributed by atoms with Crippen LogP contribution in [0.5, 0.6) is 17.2 Å². The summed E-state index contributed by atoms with van der Waals surface area (Å²) in [6.45, 7) is 3.59. The van der Waals surface area contributed by atoms with Gasteiger partial charge in [0.25, 0.3) is 0 Å². The van der Waals surface area contributed by atoms with Gasteiger partial charge in [0.05, 0.1) is 0 Å². The minimum Gasteiger partial charge on any atom is -0.508 e. The molecule has 0 saturated carbocycles. The van der Waals surface area contributed by atoms with Crippen LogP contribution < -0.4 is 4.74 Å². The van der Waals surface area contributed by atoms with E-state index in [9.17, 15) is 15.0 Å². The summed E-state index contributed by atoms with van der Waals surface area (Å²) in [6, 6.07) is 29.9. The molecule has 6 heteroatoms. The number of benzene rings is 4. The van der Waals surface area contributed by atoms with Crippen LogP contribution in [0.25, 0.3) is 20.5 Å². The summed E-state index contributed by atoms with van der Waals surface area (Å²) in [7, 11) is 0. The average molecular weight is 536 g/mol. The predicted molar refractivity (Wildman–Crippen MR) is 156 cm³/mol. The number of ketones is 1. The Balaban J connectivity index is 1.15. The summed E-state index contributed by atoms with van der Waals surface area (Å²) < 4.78 is 6.85. The van der Waals surface area contributed by atoms with Gasteiger partial charge in [-0.3, -0.25) is 9.69 Å². The van der Waals surface area contributed by atoms with Crippen LogP contribution in [0.1, 0.15) is 33.8 Å². The zero-order valence-electron chi connectivity index (χ0n) is 21.4. The van der Waals surface area contributed by atoms with E-state index < -0.39 is 0 Å². The molecule has 4 aromatic carbocycles. The summed E-state index contributed by atoms with van der Waals surface area (Å²) in [6.07, 6.45) is 1.17. The SMILES string of the molecule is O=C(c1ccc(OCCN2CCC(c3ccccc3)C2)cc1)c1c(-c2ccc(O)cc2)sc2cc(O)ccc12. The van der Waals surface area contributed by atoms with E-state index in [-0.39, 0.29) is 17.3 Å². The molecule has 1 aromatic heterocycles. The van der Waals surface area contributed by atoms with Gasteiger partial charge in [0.2, 0.25) is 0 Å². The van der Waals surface area contributed by atoms with Crippen LogP contribution in [0.3, 0.4) is 0 Å². The Hall–Kier alpha value is -4.13. The molecule has 0 amide bonds. The first kappa shape index (κ1) is 25.2. The van der Waals surface area contributed by atoms with Gasteiger partial charge in [-0.1, -0.05) is 30.3 Å². The highest BCUT2D eigenvalue weighted by Crippen LogP contribution is 2.41. The number of carbonyl (C=O) groups is 1. The second-order valence-corrected chi connectivity index (χ2v) is 11.0. The van der Waals surface area contributed by atoms with E-state index in [1.54, 1.807) is 42.5 Å². The Morgan fingerprint density at radius 2 is 1.64 bits per heavy atom. The molecule has 196 valence electrons. The normalized spacial score (nSPS) is 15.5. The number of fused-ring (bicyclic) bond motifs is 1. The maximum atomic E-state index is 13.8. The fourth-order valence-corrected chi connectivity index (χ4v) is 6.54. The van der Waals surface area contributed by atoms with Crippen LogP contribution in [0.4, 0.5) is 0 Å². The second-order valence-electron chi connectivity index (χ2n) is 9.93. The molecular formula is C33H29NO4S. The van der Waals surface area contributed by atoms with E-state index in [1.165, 1.54) is 23.3 Å². The topological polar surface area (TPSA) is 70.0 Å². The van der Waals surface area contributed by atoms with E-state index in [4.69, 9.17) is 4.74 Å². The number of thiophene rings is 1. The zero-order chi connectivity index (χ0) is 26.8. The first-order valence-corrected chi connectivity index (χ1v) is 14.0. The Labute approximate surface area is 231 Å². The Morgan fingerprint density at radius 3 is 2.41 bits per heavy atom. The number of phenols is 2. The van der Waals surface area contributed by atoms with Crippen LogP contribution >= 0.6 is 11.3 Å². The fourth-order valence-electron chi connectivity index (χ4n) is 5.30. The fraction of sp³-hybridized carbons (Fsp3) is 0.182. The average Bonchev–Trinajstić information content (AvgIpc) is 3.59. The number of hydrogen-bond acceptors (Lipinski definition) is 6. The lowest BCUT2D eigenvalue weighted by Crippen LogP contribution is -2.26. The Morgan fingerprint density at radius 1 is 0.897 bits per heavy atom. The number of carbonyl (C=O) groups excluding carboxylic acids is 1. The van der Waals surface area contributed by atoms with E-state index in [0.29, 0.717) is 23.7 Å². The van der Waals surface area contributed by atoms with E-state index >= 15 is 0 Å². The molecule has 2 N–H and O–H groups in total. The molecule has 1 atom stereocenters. The lowest BCUT2D eigenvalue weighted by Gasteiger charge is -2.16. The quantitative estimate of drug-likeness (QED) is 0.208. The molecule has 39 heavy (non-hydrogen) atoms. The molecule has 1 saturated heterocycles. The van der Waals surface area contributed by atoms with Gasteiger partial charge in [-0.05, 0) is 96.7 Å². The molecule has 1 aliphatic rings. The van der Waals surface area contributed by atoms with Crippen molar-refractivity contribution in [2.24, 2.45) is 0 Å². The van der Waals surface area contributed by atoms with Gasteiger partial charge in [-0.2, -0.15) is 0 Å². The molecule has 0 bridgehead atoms. The molecule has 0 spiro atoms. The van der Waals surface area contributed by atoms with Crippen molar-refractivity contribution in [2.75, 3.05) is 26.2 Å². The monoisotopic (exact) mass is 535 g/mol. The molecule has 1 fully saturated rings. The highest BCUT2D eigenvalue weighted by atomic mass is 32.1. The first-order valence-electron chi connectivity index (χ1n) is 13.1. The maximum absolute atomic E-state index is 13.8. The number of aromatic hydroxyl groups is 2. The van der Waals surface area contributed by atoms with Crippen molar-refractivity contribution < 1.29 is 19.7 Å². The summed E-state index contributed by atoms with van der Waals surface area (Å²) in [5.41, 5.74) is 3.41. The minimum absolute atomic E-state index is 0.0921. The van der Waals surface area contributed by atoms with Crippen molar-refractivity contribution in [2.45, 2.75) is 12.3 Å². The number of ether oxygens (including phenoxy) is 1. The standard InChI is InChI=1S/C33H29NO4S/c35-26-10-6-24(7-11-26)33-31(29-15-12-27(36)20-30(29)39-33)32(37)23-8-13-28(14-9-23)38-19-18-34-17-16-25(21-34)22-4-2-1-3-5-22/h1-15,20,25,35-36H,16-19,21H2. The first-order chi connectivity index (χ1) is 19.0. The third-order valence-electron chi connectivity index (χ3n) is 7.37. The van der Waals surface area contributed by atoms with E-state index in [2.05, 4.69) is 35.2 Å². The molecular weight excluding hydrogens is 506 g/mol. The van der Waals surface area contributed by atoms with Gasteiger partial charge in [0.15, 0.2) is 5.78 Å². The van der Waals surface area contributed by atoms with Crippen molar-refractivity contribution in [3.8, 4) is 27.7 Å². The van der Waals surface area contributed by atoms with Crippen molar-refractivity contribution >= 4 is 27.2 Å². The molecule has 5 aromatic rings. The Bertz CT molecular complexity index is 1590. The summed E-state index contributed by atoms with van der Waals surface area (Å²) in [4.78, 5) is 17.0. The van der Waals surface area contributed by atoms with E-state index in [0.717, 1.165) is 45.9 Å². The molecule has 5 nitrogen and oxygen atoms in total. The highest BCUT2D eigenvalue weighted by molar-refractivity contribution is 7.22. The van der Waals surface area contributed by atoms with Crippen molar-refractivity contribution in [1.29, 1.82) is 0 Å². The third-order valence-corrected chi connectivity index (χ3v) is 8.57. The molecule has 0 radical (unpaired) electrons. The molecule has 1 aliphatic heterocycles. The van der Waals surface area contributed by atoms with Gasteiger partial charge in [0, 0.05) is 39.2 Å². The van der Waals surface area contributed by atoms with Crippen LogP contribution in [-0.2, 0) is 0 Å². The summed E-state index contributed by atoms with van der Waals surface area (Å²) in [5.74, 6) is 1.56. The van der Waals surface area contributed by atoms with Crippen molar-refractivity contribution in [3.05, 3.63) is 114 Å². The molecule has 2 heterocycles. The van der Waals surface area contributed by atoms with Crippen LogP contribution in [0, 0.1) is 0 Å². The largest absolute Gasteiger partial charge is 0.508 e. The number of nitrogens with zero attached hydrogens (tertiary/aromatic N) is 1. The van der Waals surface area contributed by atoms with Gasteiger partial charge in [-0.25, -0.2) is 0 Å². The van der Waals surface area contributed by atoms with Gasteiger partial charge >= 0.3 is 0 Å².